The number of aryl methyl sites for hydroxylation is 1. The van der Waals surface area contributed by atoms with Crippen LogP contribution < -0.4 is 0 Å². The maximum atomic E-state index is 12.7. The van der Waals surface area contributed by atoms with E-state index in [-0.39, 0.29) is 12.0 Å². The first-order valence-electron chi connectivity index (χ1n) is 7.81. The van der Waals surface area contributed by atoms with Crippen LogP contribution in [-0.2, 0) is 10.9 Å². The highest BCUT2D eigenvalue weighted by molar-refractivity contribution is 7.17. The van der Waals surface area contributed by atoms with Gasteiger partial charge in [0.25, 0.3) is 5.91 Å². The molecule has 1 aromatic carbocycles. The molecule has 0 unspecified atom stereocenters. The fraction of sp³-hybridized carbons (Fsp3) is 0.412. The van der Waals surface area contributed by atoms with E-state index in [1.54, 1.807) is 11.8 Å². The SMILES string of the molecule is Cc1nc(-c2ccc(C(F)(F)F)cc2)sc1C(=O)N1CCO[C@H](C)C1. The molecule has 0 spiro atoms. The molecule has 134 valence electrons. The Hall–Kier alpha value is -1.93. The molecule has 2 heterocycles. The smallest absolute Gasteiger partial charge is 0.375 e. The highest BCUT2D eigenvalue weighted by Crippen LogP contribution is 2.33. The van der Waals surface area contributed by atoms with Crippen LogP contribution >= 0.6 is 11.3 Å². The number of ether oxygens (including phenoxy) is 1. The number of hydrogen-bond donors (Lipinski definition) is 0. The first-order chi connectivity index (χ1) is 11.8. The molecule has 0 bridgehead atoms. The summed E-state index contributed by atoms with van der Waals surface area (Å²) in [5, 5.41) is 0.538. The average Bonchev–Trinajstić information content (AvgIpc) is 2.95. The summed E-state index contributed by atoms with van der Waals surface area (Å²) >= 11 is 1.20. The third-order valence-electron chi connectivity index (χ3n) is 3.98. The third-order valence-corrected chi connectivity index (χ3v) is 5.17. The van der Waals surface area contributed by atoms with Crippen LogP contribution in [0.2, 0.25) is 0 Å². The van der Waals surface area contributed by atoms with Gasteiger partial charge in [0.15, 0.2) is 0 Å². The Balaban J connectivity index is 1.83. The number of hydrogen-bond acceptors (Lipinski definition) is 4. The Bertz CT molecular complexity index is 771. The van der Waals surface area contributed by atoms with Gasteiger partial charge in [0.2, 0.25) is 0 Å². The topological polar surface area (TPSA) is 42.4 Å². The van der Waals surface area contributed by atoms with Gasteiger partial charge in [0, 0.05) is 18.7 Å². The number of nitrogens with zero attached hydrogens (tertiary/aromatic N) is 2. The summed E-state index contributed by atoms with van der Waals surface area (Å²) in [5.41, 5.74) is 0.447. The number of aromatic nitrogens is 1. The molecule has 25 heavy (non-hydrogen) atoms. The molecule has 8 heteroatoms. The van der Waals surface area contributed by atoms with Gasteiger partial charge in [0.1, 0.15) is 9.88 Å². The molecule has 3 rings (SSSR count). The molecular weight excluding hydrogens is 353 g/mol. The lowest BCUT2D eigenvalue weighted by molar-refractivity contribution is -0.137. The Labute approximate surface area is 147 Å². The zero-order chi connectivity index (χ0) is 18.2. The molecule has 0 saturated carbocycles. The number of halogens is 3. The standard InChI is InChI=1S/C17H17F3N2O2S/c1-10-9-22(7-8-24-10)16(23)14-11(2)21-15(25-14)12-3-5-13(6-4-12)17(18,19)20/h3-6,10H,7-9H2,1-2H3/t10-/m1/s1. The first-order valence-corrected chi connectivity index (χ1v) is 8.63. The fourth-order valence-corrected chi connectivity index (χ4v) is 3.71. The highest BCUT2D eigenvalue weighted by atomic mass is 32.1. The average molecular weight is 370 g/mol. The van der Waals surface area contributed by atoms with Crippen molar-refractivity contribution >= 4 is 17.2 Å². The second-order valence-electron chi connectivity index (χ2n) is 5.94. The number of carbonyl (C=O) groups excluding carboxylic acids is 1. The van der Waals surface area contributed by atoms with Gasteiger partial charge in [-0.25, -0.2) is 4.98 Å². The molecular formula is C17H17F3N2O2S. The number of amides is 1. The van der Waals surface area contributed by atoms with Crippen molar-refractivity contribution in [2.24, 2.45) is 0 Å². The van der Waals surface area contributed by atoms with Crippen LogP contribution in [0.1, 0.15) is 27.9 Å². The van der Waals surface area contributed by atoms with Crippen LogP contribution in [0.25, 0.3) is 10.6 Å². The number of morpholine rings is 1. The van der Waals surface area contributed by atoms with Crippen molar-refractivity contribution in [3.63, 3.8) is 0 Å². The summed E-state index contributed by atoms with van der Waals surface area (Å²) in [6.07, 6.45) is -4.38. The van der Waals surface area contributed by atoms with E-state index in [1.807, 2.05) is 6.92 Å². The van der Waals surface area contributed by atoms with Crippen LogP contribution in [0.3, 0.4) is 0 Å². The minimum atomic E-state index is -4.37. The molecule has 1 amide bonds. The van der Waals surface area contributed by atoms with E-state index in [2.05, 4.69) is 4.98 Å². The van der Waals surface area contributed by atoms with Gasteiger partial charge in [0.05, 0.1) is 24.0 Å². The number of carbonyl (C=O) groups is 1. The van der Waals surface area contributed by atoms with Gasteiger partial charge in [-0.3, -0.25) is 4.79 Å². The highest BCUT2D eigenvalue weighted by Gasteiger charge is 2.30. The lowest BCUT2D eigenvalue weighted by Crippen LogP contribution is -2.44. The van der Waals surface area contributed by atoms with Crippen molar-refractivity contribution in [1.82, 2.24) is 9.88 Å². The van der Waals surface area contributed by atoms with E-state index in [4.69, 9.17) is 4.74 Å². The molecule has 1 atom stereocenters. The van der Waals surface area contributed by atoms with E-state index >= 15 is 0 Å². The summed E-state index contributed by atoms with van der Waals surface area (Å²) < 4.78 is 43.4. The predicted molar refractivity (Wildman–Crippen MR) is 88.6 cm³/mol. The van der Waals surface area contributed by atoms with Crippen molar-refractivity contribution in [1.29, 1.82) is 0 Å². The van der Waals surface area contributed by atoms with Crippen LogP contribution in [-0.4, -0.2) is 41.6 Å². The summed E-state index contributed by atoms with van der Waals surface area (Å²) in [7, 11) is 0. The Morgan fingerprint density at radius 2 is 2.00 bits per heavy atom. The molecule has 1 fully saturated rings. The van der Waals surface area contributed by atoms with Crippen molar-refractivity contribution in [3.05, 3.63) is 40.4 Å². The molecule has 0 aliphatic carbocycles. The molecule has 1 aliphatic rings. The van der Waals surface area contributed by atoms with Crippen molar-refractivity contribution in [2.45, 2.75) is 26.1 Å². The van der Waals surface area contributed by atoms with Crippen LogP contribution in [0.4, 0.5) is 13.2 Å². The number of benzene rings is 1. The second kappa shape index (κ2) is 6.76. The van der Waals surface area contributed by atoms with Crippen molar-refractivity contribution in [3.8, 4) is 10.6 Å². The summed E-state index contributed by atoms with van der Waals surface area (Å²) in [6.45, 7) is 5.19. The Kier molecular flexibility index (Phi) is 4.83. The number of thiazole rings is 1. The van der Waals surface area contributed by atoms with Gasteiger partial charge < -0.3 is 9.64 Å². The molecule has 1 saturated heterocycles. The first kappa shape index (κ1) is 17.9. The number of alkyl halides is 3. The minimum Gasteiger partial charge on any atom is -0.375 e. The van der Waals surface area contributed by atoms with Crippen LogP contribution in [0, 0.1) is 6.92 Å². The van der Waals surface area contributed by atoms with Gasteiger partial charge in [-0.2, -0.15) is 13.2 Å². The minimum absolute atomic E-state index is 0.0136. The maximum Gasteiger partial charge on any atom is 0.416 e. The van der Waals surface area contributed by atoms with Crippen molar-refractivity contribution in [2.75, 3.05) is 19.7 Å². The van der Waals surface area contributed by atoms with E-state index < -0.39 is 11.7 Å². The number of rotatable bonds is 2. The monoisotopic (exact) mass is 370 g/mol. The summed E-state index contributed by atoms with van der Waals surface area (Å²) in [4.78, 5) is 19.3. The van der Waals surface area contributed by atoms with Crippen LogP contribution in [0.15, 0.2) is 24.3 Å². The quantitative estimate of drug-likeness (QED) is 0.803. The van der Waals surface area contributed by atoms with Gasteiger partial charge >= 0.3 is 6.18 Å². The lowest BCUT2D eigenvalue weighted by atomic mass is 10.1. The van der Waals surface area contributed by atoms with Crippen LogP contribution in [0.5, 0.6) is 0 Å². The zero-order valence-corrected chi connectivity index (χ0v) is 14.6. The Morgan fingerprint density at radius 3 is 2.60 bits per heavy atom. The lowest BCUT2D eigenvalue weighted by Gasteiger charge is -2.30. The molecule has 2 aromatic rings. The van der Waals surface area contributed by atoms with Gasteiger partial charge in [-0.05, 0) is 26.0 Å². The molecule has 1 aromatic heterocycles. The van der Waals surface area contributed by atoms with Crippen molar-refractivity contribution < 1.29 is 22.7 Å². The fourth-order valence-electron chi connectivity index (χ4n) is 2.67. The van der Waals surface area contributed by atoms with E-state index in [9.17, 15) is 18.0 Å². The molecule has 0 N–H and O–H groups in total. The summed E-state index contributed by atoms with van der Waals surface area (Å²) in [6, 6.07) is 4.81. The third kappa shape index (κ3) is 3.85. The maximum absolute atomic E-state index is 12.7. The van der Waals surface area contributed by atoms with Gasteiger partial charge in [-0.15, -0.1) is 11.3 Å². The summed E-state index contributed by atoms with van der Waals surface area (Å²) in [5.74, 6) is -0.108. The molecule has 0 radical (unpaired) electrons. The van der Waals surface area contributed by atoms with E-state index in [0.29, 0.717) is 40.8 Å². The predicted octanol–water partition coefficient (Wildman–Crippen LogP) is 4.00. The largest absolute Gasteiger partial charge is 0.416 e. The van der Waals surface area contributed by atoms with E-state index in [1.165, 1.54) is 23.5 Å². The molecule has 1 aliphatic heterocycles. The second-order valence-corrected chi connectivity index (χ2v) is 6.94. The zero-order valence-electron chi connectivity index (χ0n) is 13.8. The van der Waals surface area contributed by atoms with Gasteiger partial charge in [-0.1, -0.05) is 12.1 Å². The normalized spacial score (nSPS) is 18.4. The van der Waals surface area contributed by atoms with E-state index in [0.717, 1.165) is 12.1 Å². The molecule has 4 nitrogen and oxygen atoms in total. The Morgan fingerprint density at radius 1 is 1.32 bits per heavy atom.